The van der Waals surface area contributed by atoms with Crippen LogP contribution in [-0.2, 0) is 23.0 Å². The number of hydrogen-bond donors (Lipinski definition) is 0. The number of nitrogens with zero attached hydrogens (tertiary/aromatic N) is 2. The molecule has 0 spiro atoms. The zero-order valence-corrected chi connectivity index (χ0v) is 22.0. The highest BCUT2D eigenvalue weighted by molar-refractivity contribution is 5.85. The molecule has 1 aliphatic rings. The van der Waals surface area contributed by atoms with Crippen LogP contribution in [0.15, 0.2) is 54.9 Å². The number of rotatable bonds is 11. The van der Waals surface area contributed by atoms with E-state index in [4.69, 9.17) is 14.2 Å². The van der Waals surface area contributed by atoms with Crippen LogP contribution in [0.25, 0.3) is 11.6 Å². The summed E-state index contributed by atoms with van der Waals surface area (Å²) in [6, 6.07) is 12.6. The van der Waals surface area contributed by atoms with Crippen LogP contribution in [0.5, 0.6) is 11.5 Å². The van der Waals surface area contributed by atoms with Gasteiger partial charge in [-0.05, 0) is 82.4 Å². The molecule has 6 nitrogen and oxygen atoms in total. The SMILES string of the molecule is CCOC(=O)C(C)(C)CCCOc1ccc2c(c1)C=C(c1nccn1C)C(CCc1ccccc1F)O2. The first-order valence-corrected chi connectivity index (χ1v) is 12.8. The number of ether oxygens (including phenoxy) is 3. The van der Waals surface area contributed by atoms with Crippen molar-refractivity contribution in [1.29, 1.82) is 0 Å². The Morgan fingerprint density at radius 2 is 2.03 bits per heavy atom. The summed E-state index contributed by atoms with van der Waals surface area (Å²) in [6.45, 7) is 6.48. The van der Waals surface area contributed by atoms with Crippen molar-refractivity contribution >= 4 is 17.6 Å². The number of aryl methyl sites for hydroxylation is 2. The molecule has 1 aliphatic heterocycles. The molecular formula is C30H35FN2O4. The van der Waals surface area contributed by atoms with Gasteiger partial charge in [-0.1, -0.05) is 18.2 Å². The third-order valence-corrected chi connectivity index (χ3v) is 6.66. The molecule has 0 aliphatic carbocycles. The van der Waals surface area contributed by atoms with Gasteiger partial charge in [-0.3, -0.25) is 4.79 Å². The molecule has 4 rings (SSSR count). The van der Waals surface area contributed by atoms with Crippen molar-refractivity contribution < 1.29 is 23.4 Å². The predicted octanol–water partition coefficient (Wildman–Crippen LogP) is 6.24. The Bertz CT molecular complexity index is 1260. The Kier molecular flexibility index (Phi) is 8.31. The van der Waals surface area contributed by atoms with E-state index in [1.807, 2.05) is 68.9 Å². The average Bonchev–Trinajstić information content (AvgIpc) is 3.31. The highest BCUT2D eigenvalue weighted by Crippen LogP contribution is 2.37. The fraction of sp³-hybridized carbons (Fsp3) is 0.400. The molecule has 37 heavy (non-hydrogen) atoms. The number of fused-ring (bicyclic) bond motifs is 1. The molecule has 0 fully saturated rings. The number of carbonyl (C=O) groups is 1. The summed E-state index contributed by atoms with van der Waals surface area (Å²) in [4.78, 5) is 16.6. The van der Waals surface area contributed by atoms with E-state index < -0.39 is 5.41 Å². The van der Waals surface area contributed by atoms with E-state index in [-0.39, 0.29) is 17.9 Å². The third kappa shape index (κ3) is 6.40. The van der Waals surface area contributed by atoms with Crippen molar-refractivity contribution in [2.24, 2.45) is 12.5 Å². The summed E-state index contributed by atoms with van der Waals surface area (Å²) >= 11 is 0. The number of hydrogen-bond acceptors (Lipinski definition) is 5. The number of carbonyl (C=O) groups excluding carboxylic acids is 1. The number of esters is 1. The second-order valence-electron chi connectivity index (χ2n) is 9.95. The van der Waals surface area contributed by atoms with Crippen molar-refractivity contribution in [2.45, 2.75) is 52.6 Å². The first kappa shape index (κ1) is 26.5. The molecule has 1 unspecified atom stereocenters. The van der Waals surface area contributed by atoms with Crippen LogP contribution >= 0.6 is 0 Å². The molecular weight excluding hydrogens is 471 g/mol. The molecule has 0 saturated carbocycles. The normalized spacial score (nSPS) is 14.9. The van der Waals surface area contributed by atoms with Gasteiger partial charge in [0.2, 0.25) is 0 Å². The second-order valence-corrected chi connectivity index (χ2v) is 9.95. The molecule has 3 aromatic rings. The Morgan fingerprint density at radius 1 is 1.22 bits per heavy atom. The van der Waals surface area contributed by atoms with Crippen LogP contribution in [0.3, 0.4) is 0 Å². The molecule has 0 N–H and O–H groups in total. The molecule has 0 radical (unpaired) electrons. The van der Waals surface area contributed by atoms with Gasteiger partial charge in [0, 0.05) is 30.6 Å². The van der Waals surface area contributed by atoms with Gasteiger partial charge in [0.05, 0.1) is 18.6 Å². The minimum Gasteiger partial charge on any atom is -0.494 e. The Labute approximate surface area is 218 Å². The number of imidazole rings is 1. The van der Waals surface area contributed by atoms with Gasteiger partial charge in [0.15, 0.2) is 0 Å². The molecule has 0 bridgehead atoms. The number of benzene rings is 2. The largest absolute Gasteiger partial charge is 0.494 e. The Hall–Kier alpha value is -3.61. The zero-order chi connectivity index (χ0) is 26.4. The van der Waals surface area contributed by atoms with Crippen LogP contribution in [0.2, 0.25) is 0 Å². The van der Waals surface area contributed by atoms with Gasteiger partial charge >= 0.3 is 5.97 Å². The van der Waals surface area contributed by atoms with E-state index in [0.717, 1.165) is 34.9 Å². The standard InChI is InChI=1S/C30H35FN2O4/c1-5-35-29(34)30(2,3)15-8-18-36-23-12-14-26-22(19-23)20-24(28-32-16-17-33(28)4)27(37-26)13-11-21-9-6-7-10-25(21)31/h6-7,9-10,12,14,16-17,19-20,27H,5,8,11,13,15,18H2,1-4H3. The van der Waals surface area contributed by atoms with E-state index in [1.165, 1.54) is 6.07 Å². The monoisotopic (exact) mass is 506 g/mol. The lowest BCUT2D eigenvalue weighted by Gasteiger charge is -2.28. The quantitative estimate of drug-likeness (QED) is 0.228. The van der Waals surface area contributed by atoms with Crippen molar-refractivity contribution in [3.05, 3.63) is 77.6 Å². The van der Waals surface area contributed by atoms with Gasteiger partial charge in [0.25, 0.3) is 0 Å². The topological polar surface area (TPSA) is 62.6 Å². The summed E-state index contributed by atoms with van der Waals surface area (Å²) < 4.78 is 33.8. The van der Waals surface area contributed by atoms with Gasteiger partial charge in [0.1, 0.15) is 29.2 Å². The molecule has 1 atom stereocenters. The minimum absolute atomic E-state index is 0.183. The number of halogens is 1. The van der Waals surface area contributed by atoms with Gasteiger partial charge in [-0.2, -0.15) is 0 Å². The van der Waals surface area contributed by atoms with Crippen LogP contribution in [0, 0.1) is 11.2 Å². The van der Waals surface area contributed by atoms with E-state index in [9.17, 15) is 9.18 Å². The lowest BCUT2D eigenvalue weighted by Crippen LogP contribution is -2.27. The number of aromatic nitrogens is 2. The molecule has 2 aromatic carbocycles. The van der Waals surface area contributed by atoms with E-state index >= 15 is 0 Å². The first-order valence-electron chi connectivity index (χ1n) is 12.8. The maximum atomic E-state index is 14.2. The van der Waals surface area contributed by atoms with Crippen molar-refractivity contribution in [3.8, 4) is 11.5 Å². The minimum atomic E-state index is -0.541. The highest BCUT2D eigenvalue weighted by Gasteiger charge is 2.29. The fourth-order valence-corrected chi connectivity index (χ4v) is 4.50. The van der Waals surface area contributed by atoms with E-state index in [1.54, 1.807) is 12.3 Å². The Morgan fingerprint density at radius 3 is 2.76 bits per heavy atom. The molecule has 1 aromatic heterocycles. The fourth-order valence-electron chi connectivity index (χ4n) is 4.50. The van der Waals surface area contributed by atoms with Gasteiger partial charge in [-0.15, -0.1) is 0 Å². The summed E-state index contributed by atoms with van der Waals surface area (Å²) in [5.74, 6) is 1.92. The third-order valence-electron chi connectivity index (χ3n) is 6.66. The van der Waals surface area contributed by atoms with Crippen LogP contribution in [-0.4, -0.2) is 34.8 Å². The maximum absolute atomic E-state index is 14.2. The highest BCUT2D eigenvalue weighted by atomic mass is 19.1. The average molecular weight is 507 g/mol. The summed E-state index contributed by atoms with van der Waals surface area (Å²) in [6.07, 6.45) is 8.06. The van der Waals surface area contributed by atoms with Crippen LogP contribution in [0.1, 0.15) is 57.0 Å². The van der Waals surface area contributed by atoms with Crippen LogP contribution in [0.4, 0.5) is 4.39 Å². The van der Waals surface area contributed by atoms with Crippen molar-refractivity contribution in [2.75, 3.05) is 13.2 Å². The summed E-state index contributed by atoms with van der Waals surface area (Å²) in [7, 11) is 1.95. The first-order chi connectivity index (χ1) is 17.8. The zero-order valence-electron chi connectivity index (χ0n) is 22.0. The molecule has 7 heteroatoms. The lowest BCUT2D eigenvalue weighted by molar-refractivity contribution is -0.153. The van der Waals surface area contributed by atoms with Crippen molar-refractivity contribution in [3.63, 3.8) is 0 Å². The second kappa shape index (κ2) is 11.6. The molecule has 0 saturated heterocycles. The molecule has 2 heterocycles. The van der Waals surface area contributed by atoms with Gasteiger partial charge < -0.3 is 18.8 Å². The summed E-state index contributed by atoms with van der Waals surface area (Å²) in [5.41, 5.74) is 1.99. The van der Waals surface area contributed by atoms with Crippen LogP contribution < -0.4 is 9.47 Å². The summed E-state index contributed by atoms with van der Waals surface area (Å²) in [5, 5.41) is 0. The maximum Gasteiger partial charge on any atom is 0.311 e. The smallest absolute Gasteiger partial charge is 0.311 e. The van der Waals surface area contributed by atoms with Crippen molar-refractivity contribution in [1.82, 2.24) is 9.55 Å². The lowest BCUT2D eigenvalue weighted by atomic mass is 9.88. The van der Waals surface area contributed by atoms with E-state index in [2.05, 4.69) is 11.1 Å². The molecule has 0 amide bonds. The van der Waals surface area contributed by atoms with Gasteiger partial charge in [-0.25, -0.2) is 9.37 Å². The molecule has 196 valence electrons. The van der Waals surface area contributed by atoms with E-state index in [0.29, 0.717) is 38.0 Å². The predicted molar refractivity (Wildman–Crippen MR) is 142 cm³/mol. The Balaban J connectivity index is 1.46.